The van der Waals surface area contributed by atoms with Gasteiger partial charge in [-0.05, 0) is 42.8 Å². The first-order chi connectivity index (χ1) is 16.0. The van der Waals surface area contributed by atoms with E-state index in [2.05, 4.69) is 16.4 Å². The second kappa shape index (κ2) is 9.68. The van der Waals surface area contributed by atoms with E-state index < -0.39 is 5.97 Å². The Morgan fingerprint density at radius 1 is 1.18 bits per heavy atom. The minimum absolute atomic E-state index is 0.0394. The summed E-state index contributed by atoms with van der Waals surface area (Å²) in [5.74, 6) is 0.748. The monoisotopic (exact) mass is 449 g/mol. The van der Waals surface area contributed by atoms with Gasteiger partial charge in [0.1, 0.15) is 17.2 Å². The van der Waals surface area contributed by atoms with Crippen molar-refractivity contribution in [3.05, 3.63) is 73.1 Å². The second-order valence-electron chi connectivity index (χ2n) is 8.00. The number of hydrogen-bond acceptors (Lipinski definition) is 6. The zero-order chi connectivity index (χ0) is 23.4. The number of nitrogens with zero attached hydrogens (tertiary/aromatic N) is 3. The van der Waals surface area contributed by atoms with Crippen molar-refractivity contribution in [2.45, 2.75) is 18.9 Å². The second-order valence-corrected chi connectivity index (χ2v) is 8.00. The van der Waals surface area contributed by atoms with Gasteiger partial charge in [0.05, 0.1) is 20.2 Å². The van der Waals surface area contributed by atoms with Crippen molar-refractivity contribution in [2.75, 3.05) is 31.8 Å². The standard InChI is InChI=1S/C25H27N3O5/c1-3-24(29)26-10-9-20(16-26)28-12-11-27(17-28)19-7-8-23(18(13-19)14-25(30)31)33-22-6-4-5-21(15-22)32-2/h3-8,11-13,15,20H,1,9-10,14,16-17H2,2H3,(H,30,31). The molecule has 1 atom stereocenters. The van der Waals surface area contributed by atoms with Crippen LogP contribution in [-0.2, 0) is 16.0 Å². The summed E-state index contributed by atoms with van der Waals surface area (Å²) in [4.78, 5) is 29.4. The SMILES string of the molecule is C=CC(=O)N1CCC(N2C=CN(c3ccc(Oc4cccc(OC)c4)c(CC(=O)O)c3)C2)C1. The highest BCUT2D eigenvalue weighted by atomic mass is 16.5. The molecule has 0 saturated carbocycles. The quantitative estimate of drug-likeness (QED) is 0.618. The number of ether oxygens (including phenoxy) is 2. The fraction of sp³-hybridized carbons (Fsp3) is 0.280. The molecule has 2 heterocycles. The molecule has 8 nitrogen and oxygen atoms in total. The Hall–Kier alpha value is -3.94. The molecule has 2 aliphatic heterocycles. The number of aliphatic carboxylic acids is 1. The molecule has 0 aromatic heterocycles. The molecule has 1 N–H and O–H groups in total. The molecule has 1 amide bonds. The Morgan fingerprint density at radius 3 is 2.76 bits per heavy atom. The van der Waals surface area contributed by atoms with Gasteiger partial charge in [-0.3, -0.25) is 9.59 Å². The van der Waals surface area contributed by atoms with E-state index in [-0.39, 0.29) is 18.4 Å². The smallest absolute Gasteiger partial charge is 0.307 e. The summed E-state index contributed by atoms with van der Waals surface area (Å²) >= 11 is 0. The molecule has 2 aromatic rings. The Bertz CT molecular complexity index is 1080. The topological polar surface area (TPSA) is 82.6 Å². The summed E-state index contributed by atoms with van der Waals surface area (Å²) in [7, 11) is 1.58. The Morgan fingerprint density at radius 2 is 2.00 bits per heavy atom. The molecule has 0 spiro atoms. The van der Waals surface area contributed by atoms with Gasteiger partial charge in [0.2, 0.25) is 5.91 Å². The fourth-order valence-corrected chi connectivity index (χ4v) is 4.12. The predicted molar refractivity (Wildman–Crippen MR) is 124 cm³/mol. The summed E-state index contributed by atoms with van der Waals surface area (Å²) in [6.45, 7) is 5.58. The van der Waals surface area contributed by atoms with Gasteiger partial charge < -0.3 is 29.3 Å². The highest BCUT2D eigenvalue weighted by molar-refractivity contribution is 5.87. The molecule has 33 heavy (non-hydrogen) atoms. The van der Waals surface area contributed by atoms with Gasteiger partial charge in [0, 0.05) is 48.8 Å². The molecular weight excluding hydrogens is 422 g/mol. The van der Waals surface area contributed by atoms with Crippen molar-refractivity contribution in [2.24, 2.45) is 0 Å². The molecule has 172 valence electrons. The van der Waals surface area contributed by atoms with Crippen LogP contribution in [0.4, 0.5) is 5.69 Å². The summed E-state index contributed by atoms with van der Waals surface area (Å²) in [6, 6.07) is 13.0. The van der Waals surface area contributed by atoms with Gasteiger partial charge in [0.25, 0.3) is 0 Å². The first-order valence-corrected chi connectivity index (χ1v) is 10.8. The van der Waals surface area contributed by atoms with Gasteiger partial charge >= 0.3 is 5.97 Å². The molecule has 1 fully saturated rings. The molecule has 4 rings (SSSR count). The van der Waals surface area contributed by atoms with Crippen molar-refractivity contribution in [3.63, 3.8) is 0 Å². The summed E-state index contributed by atoms with van der Waals surface area (Å²) < 4.78 is 11.2. The highest BCUT2D eigenvalue weighted by Crippen LogP contribution is 2.33. The third-order valence-electron chi connectivity index (χ3n) is 5.86. The van der Waals surface area contributed by atoms with E-state index in [9.17, 15) is 14.7 Å². The lowest BCUT2D eigenvalue weighted by atomic mass is 10.1. The summed E-state index contributed by atoms with van der Waals surface area (Å²) in [6.07, 6.45) is 6.09. The fourth-order valence-electron chi connectivity index (χ4n) is 4.12. The van der Waals surface area contributed by atoms with Gasteiger partial charge in [-0.25, -0.2) is 0 Å². The number of hydrogen-bond donors (Lipinski definition) is 1. The Kier molecular flexibility index (Phi) is 6.53. The molecule has 2 aromatic carbocycles. The van der Waals surface area contributed by atoms with E-state index >= 15 is 0 Å². The van der Waals surface area contributed by atoms with Crippen LogP contribution in [0.5, 0.6) is 17.2 Å². The number of carbonyl (C=O) groups excluding carboxylic acids is 1. The maximum Gasteiger partial charge on any atom is 0.307 e. The van der Waals surface area contributed by atoms with Crippen LogP contribution in [0.15, 0.2) is 67.5 Å². The number of methoxy groups -OCH3 is 1. The van der Waals surface area contributed by atoms with Crippen molar-refractivity contribution >= 4 is 17.6 Å². The highest BCUT2D eigenvalue weighted by Gasteiger charge is 2.30. The largest absolute Gasteiger partial charge is 0.497 e. The van der Waals surface area contributed by atoms with Crippen LogP contribution >= 0.6 is 0 Å². The van der Waals surface area contributed by atoms with Gasteiger partial charge in [-0.1, -0.05) is 12.6 Å². The lowest BCUT2D eigenvalue weighted by Gasteiger charge is -2.27. The van der Waals surface area contributed by atoms with Crippen LogP contribution < -0.4 is 14.4 Å². The first kappa shape index (κ1) is 22.3. The van der Waals surface area contributed by atoms with E-state index in [0.717, 1.165) is 18.7 Å². The van der Waals surface area contributed by atoms with Crippen molar-refractivity contribution in [1.29, 1.82) is 0 Å². The zero-order valence-electron chi connectivity index (χ0n) is 18.5. The van der Waals surface area contributed by atoms with Gasteiger partial charge in [0.15, 0.2) is 0 Å². The van der Waals surface area contributed by atoms with Gasteiger partial charge in [-0.2, -0.15) is 0 Å². The molecule has 0 radical (unpaired) electrons. The third kappa shape index (κ3) is 5.11. The number of likely N-dealkylation sites (tertiary alicyclic amines) is 1. The van der Waals surface area contributed by atoms with Crippen LogP contribution in [0.25, 0.3) is 0 Å². The van der Waals surface area contributed by atoms with Crippen LogP contribution in [0.3, 0.4) is 0 Å². The average Bonchev–Trinajstić information content (AvgIpc) is 3.49. The summed E-state index contributed by atoms with van der Waals surface area (Å²) in [5, 5.41) is 9.42. The van der Waals surface area contributed by atoms with Crippen LogP contribution in [0.1, 0.15) is 12.0 Å². The van der Waals surface area contributed by atoms with Crippen molar-refractivity contribution in [3.8, 4) is 17.2 Å². The average molecular weight is 450 g/mol. The number of carboxylic acid groups (broad SMARTS) is 1. The van der Waals surface area contributed by atoms with Gasteiger partial charge in [-0.15, -0.1) is 0 Å². The van der Waals surface area contributed by atoms with E-state index in [1.165, 1.54) is 6.08 Å². The normalized spacial score (nSPS) is 17.4. The number of anilines is 1. The number of carboxylic acids is 1. The van der Waals surface area contributed by atoms with Crippen LogP contribution in [0, 0.1) is 0 Å². The number of amides is 1. The first-order valence-electron chi connectivity index (χ1n) is 10.8. The van der Waals surface area contributed by atoms with E-state index in [1.807, 2.05) is 41.6 Å². The molecule has 1 unspecified atom stereocenters. The van der Waals surface area contributed by atoms with Crippen molar-refractivity contribution < 1.29 is 24.2 Å². The predicted octanol–water partition coefficient (Wildman–Crippen LogP) is 3.45. The maximum atomic E-state index is 11.9. The van der Waals surface area contributed by atoms with Crippen LogP contribution in [0.2, 0.25) is 0 Å². The third-order valence-corrected chi connectivity index (χ3v) is 5.86. The van der Waals surface area contributed by atoms with Crippen molar-refractivity contribution in [1.82, 2.24) is 9.80 Å². The Labute approximate surface area is 192 Å². The molecule has 1 saturated heterocycles. The minimum Gasteiger partial charge on any atom is -0.497 e. The Balaban J connectivity index is 1.48. The lowest BCUT2D eigenvalue weighted by Crippen LogP contribution is -2.37. The molecule has 8 heteroatoms. The zero-order valence-corrected chi connectivity index (χ0v) is 18.5. The van der Waals surface area contributed by atoms with E-state index in [4.69, 9.17) is 9.47 Å². The summed E-state index contributed by atoms with van der Waals surface area (Å²) in [5.41, 5.74) is 1.46. The number of rotatable bonds is 8. The number of carbonyl (C=O) groups is 2. The molecule has 2 aliphatic rings. The van der Waals surface area contributed by atoms with E-state index in [1.54, 1.807) is 25.3 Å². The molecule has 0 aliphatic carbocycles. The minimum atomic E-state index is -0.931. The van der Waals surface area contributed by atoms with E-state index in [0.29, 0.717) is 36.0 Å². The van der Waals surface area contributed by atoms with Crippen LogP contribution in [-0.4, -0.2) is 59.7 Å². The molecular formula is C25H27N3O5. The number of benzene rings is 2. The lowest BCUT2D eigenvalue weighted by molar-refractivity contribution is -0.136. The maximum absolute atomic E-state index is 11.9. The molecule has 0 bridgehead atoms.